The maximum atomic E-state index is 13.6. The molecule has 17 heavy (non-hydrogen) atoms. The molecule has 3 N–H and O–H groups in total. The standard InChI is InChI=1S/C13H19FN2O/c1-9-5-4-6-10(11(9)14)17-8-7-13(2,3)12(15)16/h4-6H,7-8H2,1-3H3,(H3,15,16). The van der Waals surface area contributed by atoms with Gasteiger partial charge in [-0.3, -0.25) is 5.41 Å². The normalized spacial score (nSPS) is 11.3. The third kappa shape index (κ3) is 3.44. The summed E-state index contributed by atoms with van der Waals surface area (Å²) in [4.78, 5) is 0. The van der Waals surface area contributed by atoms with Crippen molar-refractivity contribution in [3.05, 3.63) is 29.6 Å². The number of aryl methyl sites for hydroxylation is 1. The molecule has 0 saturated heterocycles. The van der Waals surface area contributed by atoms with Gasteiger partial charge in [0.05, 0.1) is 12.4 Å². The molecular formula is C13H19FN2O. The van der Waals surface area contributed by atoms with Crippen LogP contribution in [0.2, 0.25) is 0 Å². The third-order valence-corrected chi connectivity index (χ3v) is 2.87. The number of rotatable bonds is 5. The molecule has 0 atom stereocenters. The van der Waals surface area contributed by atoms with Crippen LogP contribution >= 0.6 is 0 Å². The fourth-order valence-electron chi connectivity index (χ4n) is 1.28. The summed E-state index contributed by atoms with van der Waals surface area (Å²) in [5.74, 6) is 0.0447. The number of benzene rings is 1. The second-order valence-corrected chi connectivity index (χ2v) is 4.78. The first-order chi connectivity index (χ1) is 7.84. The van der Waals surface area contributed by atoms with E-state index in [-0.39, 0.29) is 17.4 Å². The molecule has 1 aromatic rings. The number of ether oxygens (including phenoxy) is 1. The second-order valence-electron chi connectivity index (χ2n) is 4.78. The lowest BCUT2D eigenvalue weighted by Gasteiger charge is -2.22. The minimum atomic E-state index is -0.416. The van der Waals surface area contributed by atoms with Gasteiger partial charge >= 0.3 is 0 Å². The molecule has 0 radical (unpaired) electrons. The van der Waals surface area contributed by atoms with Gasteiger partial charge in [-0.2, -0.15) is 0 Å². The largest absolute Gasteiger partial charge is 0.490 e. The lowest BCUT2D eigenvalue weighted by molar-refractivity contribution is 0.258. The molecule has 4 heteroatoms. The van der Waals surface area contributed by atoms with Gasteiger partial charge in [-0.15, -0.1) is 0 Å². The third-order valence-electron chi connectivity index (χ3n) is 2.87. The molecule has 1 aromatic carbocycles. The van der Waals surface area contributed by atoms with Gasteiger partial charge < -0.3 is 10.5 Å². The van der Waals surface area contributed by atoms with Crippen LogP contribution in [0.3, 0.4) is 0 Å². The molecule has 1 rings (SSSR count). The highest BCUT2D eigenvalue weighted by molar-refractivity contribution is 5.82. The van der Waals surface area contributed by atoms with Crippen molar-refractivity contribution in [1.82, 2.24) is 0 Å². The molecule has 0 amide bonds. The Morgan fingerprint density at radius 3 is 2.71 bits per heavy atom. The van der Waals surface area contributed by atoms with E-state index in [2.05, 4.69) is 0 Å². The molecule has 3 nitrogen and oxygen atoms in total. The minimum absolute atomic E-state index is 0.116. The summed E-state index contributed by atoms with van der Waals surface area (Å²) in [5.41, 5.74) is 5.60. The highest BCUT2D eigenvalue weighted by Crippen LogP contribution is 2.23. The van der Waals surface area contributed by atoms with Crippen LogP contribution in [0.25, 0.3) is 0 Å². The average molecular weight is 238 g/mol. The van der Waals surface area contributed by atoms with Crippen LogP contribution in [0.5, 0.6) is 5.75 Å². The second kappa shape index (κ2) is 5.17. The topological polar surface area (TPSA) is 59.1 Å². The summed E-state index contributed by atoms with van der Waals surface area (Å²) in [7, 11) is 0. The van der Waals surface area contributed by atoms with Crippen molar-refractivity contribution in [3.63, 3.8) is 0 Å². The van der Waals surface area contributed by atoms with Crippen molar-refractivity contribution in [1.29, 1.82) is 5.41 Å². The molecule has 0 unspecified atom stereocenters. The van der Waals surface area contributed by atoms with E-state index in [0.29, 0.717) is 18.6 Å². The van der Waals surface area contributed by atoms with E-state index in [0.717, 1.165) is 0 Å². The molecule has 0 fully saturated rings. The predicted octanol–water partition coefficient (Wildman–Crippen LogP) is 2.87. The minimum Gasteiger partial charge on any atom is -0.490 e. The van der Waals surface area contributed by atoms with Crippen LogP contribution in [0, 0.1) is 23.6 Å². The van der Waals surface area contributed by atoms with Crippen molar-refractivity contribution in [2.24, 2.45) is 11.1 Å². The SMILES string of the molecule is Cc1cccc(OCCC(C)(C)C(=N)N)c1F. The molecule has 0 spiro atoms. The van der Waals surface area contributed by atoms with Gasteiger partial charge in [-0.25, -0.2) is 4.39 Å². The maximum Gasteiger partial charge on any atom is 0.167 e. The Hall–Kier alpha value is -1.58. The first-order valence-electron chi connectivity index (χ1n) is 5.57. The van der Waals surface area contributed by atoms with E-state index in [4.69, 9.17) is 15.9 Å². The monoisotopic (exact) mass is 238 g/mol. The van der Waals surface area contributed by atoms with Crippen LogP contribution in [0.1, 0.15) is 25.8 Å². The molecule has 0 saturated carbocycles. The zero-order valence-corrected chi connectivity index (χ0v) is 10.5. The summed E-state index contributed by atoms with van der Waals surface area (Å²) >= 11 is 0. The first kappa shape index (κ1) is 13.5. The van der Waals surface area contributed by atoms with Crippen molar-refractivity contribution in [3.8, 4) is 5.75 Å². The van der Waals surface area contributed by atoms with Crippen molar-refractivity contribution < 1.29 is 9.13 Å². The van der Waals surface area contributed by atoms with Gasteiger partial charge in [0.15, 0.2) is 11.6 Å². The highest BCUT2D eigenvalue weighted by atomic mass is 19.1. The Kier molecular flexibility index (Phi) is 4.10. The molecule has 0 aromatic heterocycles. The van der Waals surface area contributed by atoms with E-state index >= 15 is 0 Å². The van der Waals surface area contributed by atoms with Gasteiger partial charge in [-0.1, -0.05) is 26.0 Å². The fraction of sp³-hybridized carbons (Fsp3) is 0.462. The Morgan fingerprint density at radius 1 is 1.47 bits per heavy atom. The van der Waals surface area contributed by atoms with Gasteiger partial charge in [0.2, 0.25) is 0 Å². The smallest absolute Gasteiger partial charge is 0.167 e. The number of hydrogen-bond acceptors (Lipinski definition) is 2. The maximum absolute atomic E-state index is 13.6. The van der Waals surface area contributed by atoms with Crippen molar-refractivity contribution in [2.45, 2.75) is 27.2 Å². The Balaban J connectivity index is 2.58. The van der Waals surface area contributed by atoms with Crippen LogP contribution in [0.15, 0.2) is 18.2 Å². The summed E-state index contributed by atoms with van der Waals surface area (Å²) in [6.07, 6.45) is 0.579. The average Bonchev–Trinajstić information content (AvgIpc) is 2.24. The van der Waals surface area contributed by atoms with Crippen LogP contribution in [-0.4, -0.2) is 12.4 Å². The quantitative estimate of drug-likeness (QED) is 0.612. The van der Waals surface area contributed by atoms with E-state index in [1.54, 1.807) is 25.1 Å². The highest BCUT2D eigenvalue weighted by Gasteiger charge is 2.21. The van der Waals surface area contributed by atoms with Crippen molar-refractivity contribution in [2.75, 3.05) is 6.61 Å². The van der Waals surface area contributed by atoms with Crippen LogP contribution in [0.4, 0.5) is 4.39 Å². The lowest BCUT2D eigenvalue weighted by Crippen LogP contribution is -2.32. The molecule has 0 aliphatic carbocycles. The summed E-state index contributed by atoms with van der Waals surface area (Å²) in [5, 5.41) is 7.40. The zero-order valence-electron chi connectivity index (χ0n) is 10.5. The number of amidine groups is 1. The van der Waals surface area contributed by atoms with Gasteiger partial charge in [0.1, 0.15) is 0 Å². The summed E-state index contributed by atoms with van der Waals surface area (Å²) < 4.78 is 19.0. The van der Waals surface area contributed by atoms with E-state index < -0.39 is 5.41 Å². The number of nitrogens with one attached hydrogen (secondary N) is 1. The molecular weight excluding hydrogens is 219 g/mol. The Bertz CT molecular complexity index is 416. The van der Waals surface area contributed by atoms with E-state index in [9.17, 15) is 4.39 Å². The molecule has 0 aliphatic heterocycles. The summed E-state index contributed by atoms with van der Waals surface area (Å²) in [6.45, 7) is 5.77. The van der Waals surface area contributed by atoms with E-state index in [1.165, 1.54) is 0 Å². The lowest BCUT2D eigenvalue weighted by atomic mass is 9.88. The molecule has 0 aliphatic rings. The first-order valence-corrected chi connectivity index (χ1v) is 5.57. The van der Waals surface area contributed by atoms with Crippen LogP contribution < -0.4 is 10.5 Å². The van der Waals surface area contributed by atoms with Gasteiger partial charge in [0, 0.05) is 5.41 Å². The molecule has 94 valence electrons. The van der Waals surface area contributed by atoms with Gasteiger partial charge in [-0.05, 0) is 25.0 Å². The fourth-order valence-corrected chi connectivity index (χ4v) is 1.28. The Morgan fingerprint density at radius 2 is 2.12 bits per heavy atom. The Labute approximate surface area is 101 Å². The molecule has 0 heterocycles. The number of halogens is 1. The zero-order chi connectivity index (χ0) is 13.1. The number of nitrogens with two attached hydrogens (primary N) is 1. The number of hydrogen-bond donors (Lipinski definition) is 2. The van der Waals surface area contributed by atoms with Crippen molar-refractivity contribution >= 4 is 5.84 Å². The van der Waals surface area contributed by atoms with E-state index in [1.807, 2.05) is 13.8 Å². The summed E-state index contributed by atoms with van der Waals surface area (Å²) in [6, 6.07) is 5.05. The molecule has 0 bridgehead atoms. The predicted molar refractivity (Wildman–Crippen MR) is 66.9 cm³/mol. The van der Waals surface area contributed by atoms with Gasteiger partial charge in [0.25, 0.3) is 0 Å². The van der Waals surface area contributed by atoms with Crippen LogP contribution in [-0.2, 0) is 0 Å².